The van der Waals surface area contributed by atoms with Gasteiger partial charge < -0.3 is 0 Å². The number of rotatable bonds is 16. The minimum absolute atomic E-state index is 0.0951. The Hall–Kier alpha value is -1.44. The number of unbranched alkanes of at least 4 members (excludes halogenated alkanes) is 6. The van der Waals surface area contributed by atoms with Gasteiger partial charge in [0.15, 0.2) is 0 Å². The molecule has 30 heavy (non-hydrogen) atoms. The summed E-state index contributed by atoms with van der Waals surface area (Å²) in [5, 5.41) is 0. The van der Waals surface area contributed by atoms with Gasteiger partial charge in [-0.05, 0) is 89.2 Å². The van der Waals surface area contributed by atoms with E-state index in [4.69, 9.17) is 0 Å². The van der Waals surface area contributed by atoms with Gasteiger partial charge in [-0.3, -0.25) is 9.59 Å². The van der Waals surface area contributed by atoms with Crippen LogP contribution < -0.4 is 0 Å². The maximum Gasteiger partial charge on any atom is 0.135 e. The molecule has 0 radical (unpaired) electrons. The summed E-state index contributed by atoms with van der Waals surface area (Å²) < 4.78 is 0. The Morgan fingerprint density at radius 2 is 1.00 bits per heavy atom. The van der Waals surface area contributed by atoms with Gasteiger partial charge in [0.05, 0.1) is 0 Å². The molecule has 0 saturated heterocycles. The van der Waals surface area contributed by atoms with Crippen LogP contribution >= 0.6 is 0 Å². The minimum atomic E-state index is 0.0951. The molecule has 1 aromatic rings. The summed E-state index contributed by atoms with van der Waals surface area (Å²) in [5.74, 6) is 0.838. The summed E-state index contributed by atoms with van der Waals surface area (Å²) in [6, 6.07) is 8.99. The van der Waals surface area contributed by atoms with Crippen molar-refractivity contribution < 1.29 is 9.59 Å². The number of Topliss-reactive ketones (excluding diaryl/α,β-unsaturated/α-hetero) is 2. The monoisotopic (exact) mass is 410 g/mol. The minimum Gasteiger partial charge on any atom is -0.299 e. The van der Waals surface area contributed by atoms with E-state index in [1.165, 1.54) is 75.3 Å². The van der Waals surface area contributed by atoms with Crippen LogP contribution in [-0.4, -0.2) is 11.6 Å². The lowest BCUT2D eigenvalue weighted by molar-refractivity contribution is -0.123. The Labute approximate surface area is 184 Å². The Morgan fingerprint density at radius 3 is 1.33 bits per heavy atom. The van der Waals surface area contributed by atoms with Gasteiger partial charge in [-0.2, -0.15) is 0 Å². The van der Waals surface area contributed by atoms with Gasteiger partial charge in [0.25, 0.3) is 0 Å². The van der Waals surface area contributed by atoms with Crippen molar-refractivity contribution in [3.63, 3.8) is 0 Å². The Morgan fingerprint density at radius 1 is 0.633 bits per heavy atom. The first-order valence-corrected chi connectivity index (χ1v) is 12.6. The highest BCUT2D eigenvalue weighted by Gasteiger charge is 2.46. The van der Waals surface area contributed by atoms with Gasteiger partial charge in [0.1, 0.15) is 11.6 Å². The first-order valence-electron chi connectivity index (χ1n) is 12.6. The maximum absolute atomic E-state index is 11.7. The van der Waals surface area contributed by atoms with Crippen LogP contribution in [0.2, 0.25) is 0 Å². The van der Waals surface area contributed by atoms with E-state index in [1.807, 2.05) is 0 Å². The highest BCUT2D eigenvalue weighted by atomic mass is 16.1. The van der Waals surface area contributed by atoms with E-state index in [0.717, 1.165) is 38.5 Å². The van der Waals surface area contributed by atoms with Crippen molar-refractivity contribution in [2.24, 2.45) is 10.8 Å². The number of carbonyl (C=O) groups is 2. The van der Waals surface area contributed by atoms with Crippen LogP contribution in [0.25, 0.3) is 0 Å². The van der Waals surface area contributed by atoms with Crippen LogP contribution in [-0.2, 0) is 22.4 Å². The van der Waals surface area contributed by atoms with Crippen LogP contribution in [0.1, 0.15) is 115 Å². The number of ketones is 2. The fourth-order valence-electron chi connectivity index (χ4n) is 5.17. The molecule has 0 spiro atoms. The van der Waals surface area contributed by atoms with Gasteiger partial charge in [-0.1, -0.05) is 62.8 Å². The lowest BCUT2D eigenvalue weighted by atomic mass is 9.92. The average molecular weight is 411 g/mol. The van der Waals surface area contributed by atoms with Crippen molar-refractivity contribution in [1.29, 1.82) is 0 Å². The molecule has 2 aliphatic carbocycles. The summed E-state index contributed by atoms with van der Waals surface area (Å²) in [4.78, 5) is 23.3. The molecule has 3 rings (SSSR count). The Bertz CT molecular complexity index is 648. The first-order chi connectivity index (χ1) is 14.5. The number of benzene rings is 1. The summed E-state index contributed by atoms with van der Waals surface area (Å²) >= 11 is 0. The second-order valence-electron chi connectivity index (χ2n) is 10.3. The van der Waals surface area contributed by atoms with Crippen molar-refractivity contribution in [2.45, 2.75) is 117 Å². The third-order valence-corrected chi connectivity index (χ3v) is 8.02. The highest BCUT2D eigenvalue weighted by Crippen LogP contribution is 2.51. The molecule has 2 saturated carbocycles. The average Bonchev–Trinajstić information content (AvgIpc) is 3.64. The summed E-state index contributed by atoms with van der Waals surface area (Å²) in [7, 11) is 0. The zero-order chi connectivity index (χ0) is 21.5. The molecule has 1 aromatic carbocycles. The predicted molar refractivity (Wildman–Crippen MR) is 125 cm³/mol. The summed E-state index contributed by atoms with van der Waals surface area (Å²) in [6.45, 7) is 3.55. The summed E-state index contributed by atoms with van der Waals surface area (Å²) in [5.41, 5.74) is 3.26. The molecule has 2 fully saturated rings. The third kappa shape index (κ3) is 6.53. The molecule has 0 heterocycles. The molecule has 166 valence electrons. The fraction of sp³-hybridized carbons (Fsp3) is 0.714. The standard InChI is InChI=1S/C28H42O2/c1-23(29)27(19-20-27)17-11-5-3-7-13-25-15-9-10-16-26(25)14-8-4-6-12-18-28(21-22-28)24(2)30/h9-10,15-16H,3-8,11-14,17-22H2,1-2H3. The van der Waals surface area contributed by atoms with Crippen LogP contribution in [0.4, 0.5) is 0 Å². The van der Waals surface area contributed by atoms with Crippen LogP contribution in [0.5, 0.6) is 0 Å². The normalized spacial score (nSPS) is 18.2. The zero-order valence-electron chi connectivity index (χ0n) is 19.4. The smallest absolute Gasteiger partial charge is 0.135 e. The second kappa shape index (κ2) is 10.7. The zero-order valence-corrected chi connectivity index (χ0v) is 19.4. The molecule has 0 amide bonds. The van der Waals surface area contributed by atoms with E-state index in [-0.39, 0.29) is 10.8 Å². The summed E-state index contributed by atoms with van der Waals surface area (Å²) in [6.07, 6.45) is 19.2. The molecule has 0 aromatic heterocycles. The fourth-order valence-corrected chi connectivity index (χ4v) is 5.17. The van der Waals surface area contributed by atoms with Gasteiger partial charge in [0, 0.05) is 10.8 Å². The highest BCUT2D eigenvalue weighted by molar-refractivity contribution is 5.85. The quantitative estimate of drug-likeness (QED) is 0.266. The first kappa shape index (κ1) is 23.2. The number of carbonyl (C=O) groups excluding carboxylic acids is 2. The molecule has 2 nitrogen and oxygen atoms in total. The predicted octanol–water partition coefficient (Wildman–Crippen LogP) is 7.41. The number of hydrogen-bond acceptors (Lipinski definition) is 2. The maximum atomic E-state index is 11.7. The third-order valence-electron chi connectivity index (χ3n) is 8.02. The molecule has 0 aliphatic heterocycles. The van der Waals surface area contributed by atoms with Crippen LogP contribution in [0.15, 0.2) is 24.3 Å². The van der Waals surface area contributed by atoms with E-state index in [2.05, 4.69) is 24.3 Å². The van der Waals surface area contributed by atoms with Crippen LogP contribution in [0.3, 0.4) is 0 Å². The lowest BCUT2D eigenvalue weighted by Crippen LogP contribution is -2.11. The van der Waals surface area contributed by atoms with Gasteiger partial charge in [-0.15, -0.1) is 0 Å². The Balaban J connectivity index is 1.27. The van der Waals surface area contributed by atoms with E-state index in [9.17, 15) is 9.59 Å². The van der Waals surface area contributed by atoms with Crippen molar-refractivity contribution in [3.8, 4) is 0 Å². The topological polar surface area (TPSA) is 34.1 Å². The van der Waals surface area contributed by atoms with Crippen molar-refractivity contribution in [1.82, 2.24) is 0 Å². The van der Waals surface area contributed by atoms with Crippen molar-refractivity contribution >= 4 is 11.6 Å². The Kier molecular flexibility index (Phi) is 8.31. The van der Waals surface area contributed by atoms with E-state index < -0.39 is 0 Å². The van der Waals surface area contributed by atoms with Crippen LogP contribution in [0, 0.1) is 10.8 Å². The van der Waals surface area contributed by atoms with Gasteiger partial charge >= 0.3 is 0 Å². The largest absolute Gasteiger partial charge is 0.299 e. The molecular weight excluding hydrogens is 368 g/mol. The number of hydrogen-bond donors (Lipinski definition) is 0. The molecule has 0 N–H and O–H groups in total. The molecule has 2 aliphatic rings. The van der Waals surface area contributed by atoms with Crippen molar-refractivity contribution in [2.75, 3.05) is 0 Å². The van der Waals surface area contributed by atoms with E-state index in [1.54, 1.807) is 13.8 Å². The van der Waals surface area contributed by atoms with E-state index in [0.29, 0.717) is 11.6 Å². The van der Waals surface area contributed by atoms with Crippen molar-refractivity contribution in [3.05, 3.63) is 35.4 Å². The molecule has 0 atom stereocenters. The molecule has 2 heteroatoms. The van der Waals surface area contributed by atoms with E-state index >= 15 is 0 Å². The molecular formula is C28H42O2. The second-order valence-corrected chi connectivity index (χ2v) is 10.3. The van der Waals surface area contributed by atoms with Gasteiger partial charge in [-0.25, -0.2) is 0 Å². The molecule has 0 bridgehead atoms. The van der Waals surface area contributed by atoms with Gasteiger partial charge in [0.2, 0.25) is 0 Å². The molecule has 0 unspecified atom stereocenters. The SMILES string of the molecule is CC(=O)C1(CCCCCCc2ccccc2CCCCCCC2(C(C)=O)CC2)CC1. The number of aryl methyl sites for hydroxylation is 2. The lowest BCUT2D eigenvalue weighted by Gasteiger charge is -2.12.